The van der Waals surface area contributed by atoms with Gasteiger partial charge in [0, 0.05) is 10.9 Å². The maximum Gasteiger partial charge on any atom is 0.151 e. The van der Waals surface area contributed by atoms with Gasteiger partial charge in [-0.2, -0.15) is 11.3 Å². The molecule has 64 valence electrons. The van der Waals surface area contributed by atoms with Gasteiger partial charge < -0.3 is 0 Å². The third-order valence-corrected chi connectivity index (χ3v) is 3.43. The van der Waals surface area contributed by atoms with E-state index in [1.807, 2.05) is 5.38 Å². The summed E-state index contributed by atoms with van der Waals surface area (Å²) >= 11 is 1.65. The number of carbonyl (C=O) groups excluding carboxylic acids is 1. The Morgan fingerprint density at radius 1 is 1.33 bits per heavy atom. The van der Waals surface area contributed by atoms with Crippen LogP contribution < -0.4 is 0 Å². The first-order valence-corrected chi connectivity index (χ1v) is 5.37. The minimum atomic E-state index is 0.677. The van der Waals surface area contributed by atoms with Crippen LogP contribution in [0.15, 0.2) is 10.8 Å². The summed E-state index contributed by atoms with van der Waals surface area (Å²) in [5.74, 6) is 0.677. The number of rotatable bonds is 2. The first-order chi connectivity index (χ1) is 5.92. The predicted molar refractivity (Wildman–Crippen MR) is 50.9 cm³/mol. The lowest BCUT2D eigenvalue weighted by Gasteiger charge is -2.06. The highest BCUT2D eigenvalue weighted by Crippen LogP contribution is 2.36. The summed E-state index contributed by atoms with van der Waals surface area (Å²) in [6, 6.07) is 0. The van der Waals surface area contributed by atoms with Gasteiger partial charge >= 0.3 is 0 Å². The highest BCUT2D eigenvalue weighted by Gasteiger charge is 2.19. The van der Waals surface area contributed by atoms with Crippen molar-refractivity contribution in [3.05, 3.63) is 21.9 Å². The molecule has 0 atom stereocenters. The molecule has 1 aliphatic carbocycles. The van der Waals surface area contributed by atoms with Crippen molar-refractivity contribution >= 4 is 17.6 Å². The Balaban J connectivity index is 2.25. The lowest BCUT2D eigenvalue weighted by atomic mass is 9.97. The van der Waals surface area contributed by atoms with Crippen molar-refractivity contribution in [2.45, 2.75) is 31.6 Å². The van der Waals surface area contributed by atoms with Crippen molar-refractivity contribution in [1.29, 1.82) is 0 Å². The van der Waals surface area contributed by atoms with Gasteiger partial charge in [-0.05, 0) is 29.7 Å². The Morgan fingerprint density at radius 2 is 2.08 bits per heavy atom. The molecule has 0 aromatic carbocycles. The zero-order chi connectivity index (χ0) is 8.39. The number of carbonyl (C=O) groups is 1. The van der Waals surface area contributed by atoms with Crippen LogP contribution >= 0.6 is 11.3 Å². The highest BCUT2D eigenvalue weighted by molar-refractivity contribution is 7.08. The van der Waals surface area contributed by atoms with Crippen LogP contribution in [0.2, 0.25) is 0 Å². The first kappa shape index (κ1) is 7.99. The molecular formula is C10H12OS. The Morgan fingerprint density at radius 3 is 2.75 bits per heavy atom. The molecule has 0 radical (unpaired) electrons. The molecule has 1 aliphatic rings. The van der Waals surface area contributed by atoms with Crippen molar-refractivity contribution in [1.82, 2.24) is 0 Å². The Hall–Kier alpha value is -0.630. The van der Waals surface area contributed by atoms with Gasteiger partial charge in [0.15, 0.2) is 6.29 Å². The molecule has 0 amide bonds. The predicted octanol–water partition coefficient (Wildman–Crippen LogP) is 3.22. The maximum absolute atomic E-state index is 10.7. The molecule has 0 bridgehead atoms. The number of thiophene rings is 1. The first-order valence-electron chi connectivity index (χ1n) is 4.43. The third kappa shape index (κ3) is 1.31. The van der Waals surface area contributed by atoms with Crippen molar-refractivity contribution in [3.8, 4) is 0 Å². The van der Waals surface area contributed by atoms with Crippen LogP contribution in [-0.4, -0.2) is 6.29 Å². The van der Waals surface area contributed by atoms with E-state index in [4.69, 9.17) is 0 Å². The summed E-state index contributed by atoms with van der Waals surface area (Å²) in [6.07, 6.45) is 6.21. The van der Waals surface area contributed by atoms with Crippen LogP contribution in [0, 0.1) is 0 Å². The second kappa shape index (κ2) is 3.40. The molecule has 1 aromatic rings. The van der Waals surface area contributed by atoms with Gasteiger partial charge in [0.1, 0.15) is 0 Å². The topological polar surface area (TPSA) is 17.1 Å². The van der Waals surface area contributed by atoms with Crippen molar-refractivity contribution in [2.75, 3.05) is 0 Å². The lowest BCUT2D eigenvalue weighted by Crippen LogP contribution is -1.93. The fourth-order valence-corrected chi connectivity index (χ4v) is 2.86. The summed E-state index contributed by atoms with van der Waals surface area (Å²) in [6.45, 7) is 0. The van der Waals surface area contributed by atoms with Gasteiger partial charge in [0.25, 0.3) is 0 Å². The fraction of sp³-hybridized carbons (Fsp3) is 0.500. The van der Waals surface area contributed by atoms with E-state index in [9.17, 15) is 4.79 Å². The van der Waals surface area contributed by atoms with E-state index in [2.05, 4.69) is 5.38 Å². The number of aldehydes is 1. The summed E-state index contributed by atoms with van der Waals surface area (Å²) in [7, 11) is 0. The summed E-state index contributed by atoms with van der Waals surface area (Å²) in [4.78, 5) is 10.7. The van der Waals surface area contributed by atoms with Crippen molar-refractivity contribution < 1.29 is 4.79 Å². The van der Waals surface area contributed by atoms with Crippen LogP contribution in [0.25, 0.3) is 0 Å². The monoisotopic (exact) mass is 180 g/mol. The minimum Gasteiger partial charge on any atom is -0.298 e. The summed E-state index contributed by atoms with van der Waals surface area (Å²) < 4.78 is 0. The van der Waals surface area contributed by atoms with Crippen LogP contribution in [0.3, 0.4) is 0 Å². The second-order valence-electron chi connectivity index (χ2n) is 3.38. The Kier molecular flexibility index (Phi) is 2.26. The average molecular weight is 180 g/mol. The van der Waals surface area contributed by atoms with Crippen LogP contribution in [0.1, 0.15) is 47.5 Å². The van der Waals surface area contributed by atoms with Crippen molar-refractivity contribution in [3.63, 3.8) is 0 Å². The van der Waals surface area contributed by atoms with Crippen molar-refractivity contribution in [2.24, 2.45) is 0 Å². The molecule has 1 heterocycles. The number of hydrogen-bond acceptors (Lipinski definition) is 2. The molecule has 1 nitrogen and oxygen atoms in total. The zero-order valence-corrected chi connectivity index (χ0v) is 7.77. The Labute approximate surface area is 76.4 Å². The van der Waals surface area contributed by atoms with E-state index in [0.29, 0.717) is 5.92 Å². The Bertz CT molecular complexity index is 271. The van der Waals surface area contributed by atoms with E-state index < -0.39 is 0 Å². The summed E-state index contributed by atoms with van der Waals surface area (Å²) in [5.41, 5.74) is 2.22. The van der Waals surface area contributed by atoms with E-state index in [1.165, 1.54) is 31.2 Å². The molecule has 0 N–H and O–H groups in total. The van der Waals surface area contributed by atoms with Crippen LogP contribution in [0.4, 0.5) is 0 Å². The molecule has 2 rings (SSSR count). The molecule has 0 saturated heterocycles. The molecule has 0 spiro atoms. The van der Waals surface area contributed by atoms with Crippen LogP contribution in [-0.2, 0) is 0 Å². The average Bonchev–Trinajstić information content (AvgIpc) is 2.74. The summed E-state index contributed by atoms with van der Waals surface area (Å²) in [5, 5.41) is 4.10. The zero-order valence-electron chi connectivity index (χ0n) is 6.95. The normalized spacial score (nSPS) is 18.3. The van der Waals surface area contributed by atoms with E-state index in [1.54, 1.807) is 11.3 Å². The maximum atomic E-state index is 10.7. The van der Waals surface area contributed by atoms with Gasteiger partial charge in [0.2, 0.25) is 0 Å². The molecule has 1 aromatic heterocycles. The standard InChI is InChI=1S/C10H12OS/c11-5-9-6-12-7-10(9)8-3-1-2-4-8/h5-8H,1-4H2. The largest absolute Gasteiger partial charge is 0.298 e. The van der Waals surface area contributed by atoms with Gasteiger partial charge in [-0.3, -0.25) is 4.79 Å². The molecule has 0 aliphatic heterocycles. The van der Waals surface area contributed by atoms with E-state index in [-0.39, 0.29) is 0 Å². The molecular weight excluding hydrogens is 168 g/mol. The fourth-order valence-electron chi connectivity index (χ4n) is 1.98. The quantitative estimate of drug-likeness (QED) is 0.639. The molecule has 12 heavy (non-hydrogen) atoms. The second-order valence-corrected chi connectivity index (χ2v) is 4.13. The lowest BCUT2D eigenvalue weighted by molar-refractivity contribution is 0.112. The number of hydrogen-bond donors (Lipinski definition) is 0. The van der Waals surface area contributed by atoms with Gasteiger partial charge in [-0.1, -0.05) is 12.8 Å². The minimum absolute atomic E-state index is 0.677. The van der Waals surface area contributed by atoms with Gasteiger partial charge in [-0.25, -0.2) is 0 Å². The van der Waals surface area contributed by atoms with E-state index >= 15 is 0 Å². The molecule has 1 saturated carbocycles. The SMILES string of the molecule is O=Cc1cscc1C1CCCC1. The van der Waals surface area contributed by atoms with Gasteiger partial charge in [-0.15, -0.1) is 0 Å². The smallest absolute Gasteiger partial charge is 0.151 e. The molecule has 2 heteroatoms. The van der Waals surface area contributed by atoms with E-state index in [0.717, 1.165) is 11.8 Å². The highest BCUT2D eigenvalue weighted by atomic mass is 32.1. The molecule has 1 fully saturated rings. The third-order valence-electron chi connectivity index (χ3n) is 2.65. The van der Waals surface area contributed by atoms with Crippen LogP contribution in [0.5, 0.6) is 0 Å². The molecule has 0 unspecified atom stereocenters. The van der Waals surface area contributed by atoms with Gasteiger partial charge in [0.05, 0.1) is 0 Å².